The zero-order valence-electron chi connectivity index (χ0n) is 10.7. The van der Waals surface area contributed by atoms with Gasteiger partial charge in [-0.15, -0.1) is 0 Å². The minimum absolute atomic E-state index is 0.0738. The Bertz CT molecular complexity index is 598. The topological polar surface area (TPSA) is 60.4 Å². The molecule has 1 aromatic carbocycles. The third-order valence-corrected chi connectivity index (χ3v) is 4.14. The van der Waals surface area contributed by atoms with Crippen molar-refractivity contribution in [3.05, 3.63) is 29.1 Å². The maximum absolute atomic E-state index is 13.4. The van der Waals surface area contributed by atoms with Crippen LogP contribution in [0.5, 0.6) is 0 Å². The van der Waals surface area contributed by atoms with E-state index in [9.17, 15) is 17.6 Å². The highest BCUT2D eigenvalue weighted by Crippen LogP contribution is 2.25. The van der Waals surface area contributed by atoms with Crippen molar-refractivity contribution in [1.82, 2.24) is 0 Å². The number of halogens is 2. The van der Waals surface area contributed by atoms with E-state index in [1.54, 1.807) is 6.92 Å². The molecule has 1 aromatic rings. The fourth-order valence-electron chi connectivity index (χ4n) is 1.45. The molecule has 0 fully saturated rings. The zero-order chi connectivity index (χ0) is 14.8. The summed E-state index contributed by atoms with van der Waals surface area (Å²) >= 11 is 0. The van der Waals surface area contributed by atoms with E-state index in [0.717, 1.165) is 12.1 Å². The van der Waals surface area contributed by atoms with Gasteiger partial charge in [0.05, 0.1) is 16.6 Å². The van der Waals surface area contributed by atoms with Gasteiger partial charge in [0.1, 0.15) is 5.82 Å². The Morgan fingerprint density at radius 1 is 1.47 bits per heavy atom. The monoisotopic (exact) mass is 308 g/mol. The van der Waals surface area contributed by atoms with Gasteiger partial charge >= 0.3 is 5.97 Å². The first kappa shape index (κ1) is 15.9. The summed E-state index contributed by atoms with van der Waals surface area (Å²) in [7, 11) is 1.08. The summed E-state index contributed by atoms with van der Waals surface area (Å²) in [6, 6.07) is 1.71. The van der Waals surface area contributed by atoms with Gasteiger partial charge in [0, 0.05) is 10.7 Å². The number of hydrogen-bond acceptors (Lipinski definition) is 4. The van der Waals surface area contributed by atoms with Crippen molar-refractivity contribution in [1.29, 1.82) is 0 Å². The molecule has 19 heavy (non-hydrogen) atoms. The first-order chi connectivity index (χ1) is 8.66. The molecule has 1 unspecified atom stereocenters. The van der Waals surface area contributed by atoms with Crippen molar-refractivity contribution in [2.75, 3.05) is 0 Å². The smallest absolute Gasteiger partial charge is 0.338 e. The first-order valence-electron chi connectivity index (χ1n) is 5.62. The van der Waals surface area contributed by atoms with Gasteiger partial charge in [-0.05, 0) is 38.0 Å². The van der Waals surface area contributed by atoms with Crippen LogP contribution in [0.15, 0.2) is 17.0 Å². The summed E-state index contributed by atoms with van der Waals surface area (Å²) in [5, 5.41) is 0. The molecule has 0 aliphatic heterocycles. The third-order valence-electron chi connectivity index (χ3n) is 2.69. The summed E-state index contributed by atoms with van der Waals surface area (Å²) in [6.07, 6.45) is 0.257. The van der Waals surface area contributed by atoms with Crippen LogP contribution in [0.3, 0.4) is 0 Å². The van der Waals surface area contributed by atoms with Gasteiger partial charge in [-0.3, -0.25) is 0 Å². The normalized spacial score (nSPS) is 13.1. The minimum atomic E-state index is -4.12. The second-order valence-electron chi connectivity index (χ2n) is 4.14. The number of rotatable bonds is 4. The van der Waals surface area contributed by atoms with Crippen molar-refractivity contribution in [3.63, 3.8) is 0 Å². The molecule has 0 aromatic heterocycles. The molecule has 7 heteroatoms. The molecule has 0 radical (unpaired) electrons. The lowest BCUT2D eigenvalue weighted by atomic mass is 10.1. The maximum atomic E-state index is 13.4. The predicted octanol–water partition coefficient (Wildman–Crippen LogP) is 3.02. The Labute approximate surface area is 115 Å². The minimum Gasteiger partial charge on any atom is -0.459 e. The number of carbonyl (C=O) groups excluding carboxylic acids is 1. The van der Waals surface area contributed by atoms with Gasteiger partial charge in [0.25, 0.3) is 9.05 Å². The molecule has 0 N–H and O–H groups in total. The lowest BCUT2D eigenvalue weighted by molar-refractivity contribution is 0.0332. The Hall–Kier alpha value is -1.14. The number of ether oxygens (including phenoxy) is 1. The van der Waals surface area contributed by atoms with Gasteiger partial charge in [-0.1, -0.05) is 6.92 Å². The average Bonchev–Trinajstić information content (AvgIpc) is 2.29. The Kier molecular flexibility index (Phi) is 4.92. The number of hydrogen-bond donors (Lipinski definition) is 0. The second-order valence-corrected chi connectivity index (χ2v) is 6.67. The van der Waals surface area contributed by atoms with Gasteiger partial charge < -0.3 is 4.74 Å². The van der Waals surface area contributed by atoms with E-state index in [2.05, 4.69) is 0 Å². The molecule has 1 rings (SSSR count). The SMILES string of the molecule is CCC(C)OC(=O)c1cc(F)cc(S(=O)(=O)Cl)c1C. The van der Waals surface area contributed by atoms with E-state index in [-0.39, 0.29) is 17.2 Å². The highest BCUT2D eigenvalue weighted by atomic mass is 35.7. The fourth-order valence-corrected chi connectivity index (χ4v) is 2.66. The van der Waals surface area contributed by atoms with Gasteiger partial charge in [-0.25, -0.2) is 17.6 Å². The molecule has 0 saturated heterocycles. The molecule has 0 amide bonds. The lowest BCUT2D eigenvalue weighted by Gasteiger charge is -2.13. The van der Waals surface area contributed by atoms with Gasteiger partial charge in [-0.2, -0.15) is 0 Å². The number of carbonyl (C=O) groups is 1. The largest absolute Gasteiger partial charge is 0.459 e. The number of benzene rings is 1. The Morgan fingerprint density at radius 3 is 2.53 bits per heavy atom. The fraction of sp³-hybridized carbons (Fsp3) is 0.417. The summed E-state index contributed by atoms with van der Waals surface area (Å²) in [5.41, 5.74) is -0.0655. The van der Waals surface area contributed by atoms with Crippen LogP contribution in [-0.4, -0.2) is 20.5 Å². The zero-order valence-corrected chi connectivity index (χ0v) is 12.3. The van der Waals surface area contributed by atoms with Crippen LogP contribution in [-0.2, 0) is 13.8 Å². The van der Waals surface area contributed by atoms with Crippen molar-refractivity contribution in [2.45, 2.75) is 38.2 Å². The van der Waals surface area contributed by atoms with Crippen molar-refractivity contribution < 1.29 is 22.3 Å². The Balaban J connectivity index is 3.30. The van der Waals surface area contributed by atoms with Crippen LogP contribution >= 0.6 is 10.7 Å². The quantitative estimate of drug-likeness (QED) is 0.633. The van der Waals surface area contributed by atoms with Crippen molar-refractivity contribution in [3.8, 4) is 0 Å². The molecule has 0 saturated carbocycles. The van der Waals surface area contributed by atoms with Crippen LogP contribution in [0, 0.1) is 12.7 Å². The van der Waals surface area contributed by atoms with Crippen LogP contribution in [0.25, 0.3) is 0 Å². The van der Waals surface area contributed by atoms with E-state index in [0.29, 0.717) is 6.42 Å². The summed E-state index contributed by atoms with van der Waals surface area (Å²) < 4.78 is 41.0. The summed E-state index contributed by atoms with van der Waals surface area (Å²) in [5.74, 6) is -1.63. The predicted molar refractivity (Wildman–Crippen MR) is 69.3 cm³/mol. The van der Waals surface area contributed by atoms with E-state index in [1.165, 1.54) is 6.92 Å². The molecule has 0 heterocycles. The maximum Gasteiger partial charge on any atom is 0.338 e. The molecule has 1 atom stereocenters. The molecule has 0 spiro atoms. The highest BCUT2D eigenvalue weighted by Gasteiger charge is 2.22. The highest BCUT2D eigenvalue weighted by molar-refractivity contribution is 8.13. The molecule has 106 valence electrons. The first-order valence-corrected chi connectivity index (χ1v) is 7.93. The van der Waals surface area contributed by atoms with Gasteiger partial charge in [0.15, 0.2) is 0 Å². The molecule has 0 bridgehead atoms. The van der Waals surface area contributed by atoms with Crippen LogP contribution in [0.4, 0.5) is 4.39 Å². The van der Waals surface area contributed by atoms with Crippen LogP contribution in [0.2, 0.25) is 0 Å². The van der Waals surface area contributed by atoms with Crippen molar-refractivity contribution in [2.24, 2.45) is 0 Å². The van der Waals surface area contributed by atoms with Crippen molar-refractivity contribution >= 4 is 25.7 Å². The van der Waals surface area contributed by atoms with E-state index in [4.69, 9.17) is 15.4 Å². The summed E-state index contributed by atoms with van der Waals surface area (Å²) in [4.78, 5) is 11.4. The standard InChI is InChI=1S/C12H14ClFO4S/c1-4-7(2)18-12(15)10-5-9(14)6-11(8(10)3)19(13,16)17/h5-7H,4H2,1-3H3. The summed E-state index contributed by atoms with van der Waals surface area (Å²) in [6.45, 7) is 4.89. The van der Waals surface area contributed by atoms with Gasteiger partial charge in [0.2, 0.25) is 0 Å². The van der Waals surface area contributed by atoms with Crippen LogP contribution in [0.1, 0.15) is 36.2 Å². The number of esters is 1. The van der Waals surface area contributed by atoms with E-state index >= 15 is 0 Å². The lowest BCUT2D eigenvalue weighted by Crippen LogP contribution is -2.16. The van der Waals surface area contributed by atoms with E-state index in [1.807, 2.05) is 6.92 Å². The van der Waals surface area contributed by atoms with Crippen LogP contribution < -0.4 is 0 Å². The average molecular weight is 309 g/mol. The molecular formula is C12H14ClFO4S. The molecule has 0 aliphatic carbocycles. The molecule has 4 nitrogen and oxygen atoms in total. The van der Waals surface area contributed by atoms with E-state index < -0.39 is 25.7 Å². The molecule has 0 aliphatic rings. The Morgan fingerprint density at radius 2 is 2.05 bits per heavy atom. The molecular weight excluding hydrogens is 295 g/mol. The second kappa shape index (κ2) is 5.88. The third kappa shape index (κ3) is 3.91.